The van der Waals surface area contributed by atoms with Crippen molar-refractivity contribution in [3.8, 4) is 0 Å². The van der Waals surface area contributed by atoms with Gasteiger partial charge in [-0.2, -0.15) is 0 Å². The fourth-order valence-corrected chi connectivity index (χ4v) is 7.27. The number of hydrogen-bond acceptors (Lipinski definition) is 4. The molecule has 2 unspecified atom stereocenters. The largest absolute Gasteiger partial charge is 0.353 e. The molecule has 37 heavy (non-hydrogen) atoms. The van der Waals surface area contributed by atoms with Gasteiger partial charge in [-0.3, -0.25) is 0 Å². The van der Waals surface area contributed by atoms with Gasteiger partial charge in [0.25, 0.3) is 0 Å². The molecule has 0 spiro atoms. The molecule has 5 heteroatoms. The first-order chi connectivity index (χ1) is 18.0. The number of anilines is 2. The van der Waals surface area contributed by atoms with E-state index in [9.17, 15) is 0 Å². The van der Waals surface area contributed by atoms with Crippen LogP contribution < -0.4 is 26.2 Å². The Bertz CT molecular complexity index is 1310. The highest BCUT2D eigenvalue weighted by molar-refractivity contribution is 6.96. The lowest BCUT2D eigenvalue weighted by molar-refractivity contribution is 0.181. The smallest absolute Gasteiger partial charge is 0.242 e. The van der Waals surface area contributed by atoms with Gasteiger partial charge in [0.05, 0.1) is 25.4 Å². The van der Waals surface area contributed by atoms with Gasteiger partial charge in [0.1, 0.15) is 0 Å². The molecule has 0 radical (unpaired) electrons. The number of hydrogen-bond donors (Lipinski definition) is 0. The van der Waals surface area contributed by atoms with Crippen molar-refractivity contribution in [2.75, 3.05) is 23.1 Å². The molecule has 2 atom stereocenters. The van der Waals surface area contributed by atoms with Crippen LogP contribution in [0.3, 0.4) is 0 Å². The van der Waals surface area contributed by atoms with Crippen LogP contribution >= 0.6 is 0 Å². The van der Waals surface area contributed by atoms with Crippen molar-refractivity contribution < 1.29 is 0 Å². The number of aryl methyl sites for hydroxylation is 3. The lowest BCUT2D eigenvalue weighted by Gasteiger charge is -2.36. The summed E-state index contributed by atoms with van der Waals surface area (Å²) in [5.74, 6) is 0. The van der Waals surface area contributed by atoms with Crippen LogP contribution in [0.2, 0.25) is 0 Å². The van der Waals surface area contributed by atoms with Crippen LogP contribution in [-0.2, 0) is 0 Å². The van der Waals surface area contributed by atoms with E-state index < -0.39 is 0 Å². The molecule has 1 fully saturated rings. The maximum atomic E-state index is 2.58. The summed E-state index contributed by atoms with van der Waals surface area (Å²) in [4.78, 5) is 10.00. The lowest BCUT2D eigenvalue weighted by atomic mass is 9.35. The molecule has 3 heterocycles. The zero-order chi connectivity index (χ0) is 25.1. The minimum atomic E-state index is 0.176. The maximum Gasteiger partial charge on any atom is 0.242 e. The van der Waals surface area contributed by atoms with E-state index in [1.165, 1.54) is 63.7 Å². The zero-order valence-electron chi connectivity index (χ0n) is 22.1. The van der Waals surface area contributed by atoms with Gasteiger partial charge >= 0.3 is 0 Å². The summed E-state index contributed by atoms with van der Waals surface area (Å²) in [6.45, 7) is 8.78. The van der Waals surface area contributed by atoms with Gasteiger partial charge in [-0.25, -0.2) is 0 Å². The fourth-order valence-electron chi connectivity index (χ4n) is 7.27. The van der Waals surface area contributed by atoms with E-state index in [1.807, 2.05) is 0 Å². The second-order valence-electron chi connectivity index (χ2n) is 11.3. The number of fused-ring (bicyclic) bond motifs is 13. The van der Waals surface area contributed by atoms with Crippen LogP contribution in [0.15, 0.2) is 85.5 Å². The van der Waals surface area contributed by atoms with E-state index in [1.54, 1.807) is 0 Å². The number of benzene rings is 3. The molecule has 3 aromatic rings. The van der Waals surface area contributed by atoms with Crippen molar-refractivity contribution in [2.45, 2.75) is 52.1 Å². The van der Waals surface area contributed by atoms with Crippen LogP contribution in [-0.4, -0.2) is 41.9 Å². The van der Waals surface area contributed by atoms with Crippen LogP contribution in [0.5, 0.6) is 0 Å². The van der Waals surface area contributed by atoms with E-state index >= 15 is 0 Å². The molecule has 1 saturated carbocycles. The molecule has 4 aliphatic rings. The Hall–Kier alpha value is -3.60. The molecule has 7 rings (SSSR count). The lowest BCUT2D eigenvalue weighted by Crippen LogP contribution is -2.54. The molecule has 3 aliphatic heterocycles. The second-order valence-corrected chi connectivity index (χ2v) is 11.3. The Kier molecular flexibility index (Phi) is 5.35. The third kappa shape index (κ3) is 3.83. The molecule has 0 saturated heterocycles. The quantitative estimate of drug-likeness (QED) is 0.479. The summed E-state index contributed by atoms with van der Waals surface area (Å²) in [6, 6.07) is 24.3. The topological polar surface area (TPSA) is 13.0 Å². The normalized spacial score (nSPS) is 22.0. The van der Waals surface area contributed by atoms with Crippen molar-refractivity contribution in [1.82, 2.24) is 9.80 Å². The van der Waals surface area contributed by atoms with Crippen molar-refractivity contribution in [3.05, 3.63) is 102 Å². The minimum Gasteiger partial charge on any atom is -0.353 e. The Balaban J connectivity index is 1.41. The van der Waals surface area contributed by atoms with Gasteiger partial charge < -0.3 is 19.6 Å². The van der Waals surface area contributed by atoms with Crippen LogP contribution in [0.25, 0.3) is 0 Å². The average Bonchev–Trinajstić information content (AvgIpc) is 3.66. The highest BCUT2D eigenvalue weighted by Crippen LogP contribution is 2.34. The second kappa shape index (κ2) is 8.76. The molecule has 186 valence electrons. The average molecular weight is 486 g/mol. The van der Waals surface area contributed by atoms with Gasteiger partial charge in [0, 0.05) is 36.2 Å². The van der Waals surface area contributed by atoms with Crippen molar-refractivity contribution in [2.24, 2.45) is 0 Å². The van der Waals surface area contributed by atoms with Crippen LogP contribution in [0.4, 0.5) is 11.4 Å². The summed E-state index contributed by atoms with van der Waals surface area (Å²) >= 11 is 0. The maximum absolute atomic E-state index is 2.58. The zero-order valence-corrected chi connectivity index (χ0v) is 22.1. The van der Waals surface area contributed by atoms with E-state index in [-0.39, 0.29) is 6.71 Å². The molecule has 0 amide bonds. The minimum absolute atomic E-state index is 0.176. The SMILES string of the molecule is Cc1cc(C)c(B2c3cccc(c3)N3C=CN(C3)C3CCCC3N3C=CN(C3)c3cccc2c3)c(C)c1. The molecule has 4 nitrogen and oxygen atoms in total. The summed E-state index contributed by atoms with van der Waals surface area (Å²) in [5, 5.41) is 0. The van der Waals surface area contributed by atoms with E-state index in [2.05, 4.69) is 126 Å². The molecule has 1 aliphatic carbocycles. The van der Waals surface area contributed by atoms with Gasteiger partial charge in [0.2, 0.25) is 6.71 Å². The van der Waals surface area contributed by atoms with Crippen LogP contribution in [0, 0.1) is 20.8 Å². The third-order valence-corrected chi connectivity index (χ3v) is 8.90. The molecule has 0 N–H and O–H groups in total. The van der Waals surface area contributed by atoms with Crippen molar-refractivity contribution in [3.63, 3.8) is 0 Å². The number of rotatable bonds is 1. The summed E-state index contributed by atoms with van der Waals surface area (Å²) < 4.78 is 0. The Morgan fingerprint density at radius 2 is 1.16 bits per heavy atom. The first-order valence-corrected chi connectivity index (χ1v) is 13.7. The van der Waals surface area contributed by atoms with E-state index in [4.69, 9.17) is 0 Å². The van der Waals surface area contributed by atoms with E-state index in [0.29, 0.717) is 12.1 Å². The van der Waals surface area contributed by atoms with Crippen LogP contribution in [0.1, 0.15) is 36.0 Å². The number of nitrogens with zero attached hydrogens (tertiary/aromatic N) is 4. The predicted octanol–water partition coefficient (Wildman–Crippen LogP) is 4.16. The first-order valence-electron chi connectivity index (χ1n) is 13.7. The third-order valence-electron chi connectivity index (χ3n) is 8.90. The Morgan fingerprint density at radius 3 is 1.68 bits per heavy atom. The molecular formula is C32H35BN4. The van der Waals surface area contributed by atoms with Crippen molar-refractivity contribution >= 4 is 34.5 Å². The van der Waals surface area contributed by atoms with Crippen molar-refractivity contribution in [1.29, 1.82) is 0 Å². The van der Waals surface area contributed by atoms with E-state index in [0.717, 1.165) is 13.3 Å². The standard InChI is InChI=1S/C32H35BN4/c1-23-17-24(2)32(25(3)18-23)33-26-7-4-9-28(19-26)34-13-15-36(21-34)30-11-6-12-31(30)37-16-14-35(22-37)29-10-5-8-27(33)20-29/h4-5,7-10,13-20,30-31H,6,11-12,21-22H2,1-3H3. The fraction of sp³-hybridized carbons (Fsp3) is 0.312. The Labute approximate surface area is 221 Å². The highest BCUT2D eigenvalue weighted by atomic mass is 15.4. The Morgan fingerprint density at radius 1 is 0.649 bits per heavy atom. The molecule has 8 bridgehead atoms. The first kappa shape index (κ1) is 22.6. The molecular weight excluding hydrogens is 451 g/mol. The summed E-state index contributed by atoms with van der Waals surface area (Å²) in [6.07, 6.45) is 13.0. The van der Waals surface area contributed by atoms with Gasteiger partial charge in [-0.05, 0) is 64.3 Å². The van der Waals surface area contributed by atoms with Gasteiger partial charge in [-0.1, -0.05) is 69.5 Å². The monoisotopic (exact) mass is 486 g/mol. The summed E-state index contributed by atoms with van der Waals surface area (Å²) in [5.41, 5.74) is 10.7. The van der Waals surface area contributed by atoms with Gasteiger partial charge in [0.15, 0.2) is 0 Å². The summed E-state index contributed by atoms with van der Waals surface area (Å²) in [7, 11) is 0. The highest BCUT2D eigenvalue weighted by Gasteiger charge is 2.38. The molecule has 3 aromatic carbocycles. The predicted molar refractivity (Wildman–Crippen MR) is 156 cm³/mol. The molecule has 0 aromatic heterocycles. The van der Waals surface area contributed by atoms with Gasteiger partial charge in [-0.15, -0.1) is 0 Å².